The van der Waals surface area contributed by atoms with E-state index >= 15 is 0 Å². The summed E-state index contributed by atoms with van der Waals surface area (Å²) < 4.78 is 5.34. The molecule has 1 aliphatic heterocycles. The number of carbonyl (C=O) groups is 3. The molecule has 0 aromatic rings. The smallest absolute Gasteiger partial charge is 0.154 e. The van der Waals surface area contributed by atoms with Crippen LogP contribution < -0.4 is 0 Å². The molecule has 1 rings (SSSR count). The molecular weight excluding hydrogens is 276 g/mol. The fourth-order valence-electron chi connectivity index (χ4n) is 2.68. The van der Waals surface area contributed by atoms with Crippen molar-refractivity contribution < 1.29 is 29.3 Å². The van der Waals surface area contributed by atoms with Crippen LogP contribution in [0.25, 0.3) is 0 Å². The molecule has 1 fully saturated rings. The van der Waals surface area contributed by atoms with Crippen molar-refractivity contribution in [1.82, 2.24) is 0 Å². The molecule has 0 aliphatic carbocycles. The highest BCUT2D eigenvalue weighted by atomic mass is 16.6. The third-order valence-electron chi connectivity index (χ3n) is 3.96. The second-order valence-electron chi connectivity index (χ2n) is 5.56. The Kier molecular flexibility index (Phi) is 8.34. The van der Waals surface area contributed by atoms with Crippen molar-refractivity contribution in [3.05, 3.63) is 0 Å². The van der Waals surface area contributed by atoms with Gasteiger partial charge in [-0.1, -0.05) is 0 Å². The van der Waals surface area contributed by atoms with E-state index in [2.05, 4.69) is 0 Å². The van der Waals surface area contributed by atoms with Gasteiger partial charge in [-0.25, -0.2) is 0 Å². The van der Waals surface area contributed by atoms with Crippen molar-refractivity contribution in [1.29, 1.82) is 0 Å². The monoisotopic (exact) mass is 300 g/mol. The van der Waals surface area contributed by atoms with E-state index < -0.39 is 30.3 Å². The van der Waals surface area contributed by atoms with Gasteiger partial charge in [-0.3, -0.25) is 0 Å². The maximum Gasteiger partial charge on any atom is 0.154 e. The van der Waals surface area contributed by atoms with Gasteiger partial charge in [0, 0.05) is 18.3 Å². The number of ether oxygens (including phenoxy) is 1. The first-order valence-corrected chi connectivity index (χ1v) is 7.48. The Bertz CT molecular complexity index is 332. The van der Waals surface area contributed by atoms with Crippen LogP contribution in [0.15, 0.2) is 0 Å². The van der Waals surface area contributed by atoms with Gasteiger partial charge < -0.3 is 29.3 Å². The normalized spacial score (nSPS) is 26.6. The Balaban J connectivity index is 2.53. The van der Waals surface area contributed by atoms with Crippen molar-refractivity contribution in [2.24, 2.45) is 11.8 Å². The second kappa shape index (κ2) is 9.76. The van der Waals surface area contributed by atoms with Gasteiger partial charge in [0.05, 0.1) is 12.2 Å². The highest BCUT2D eigenvalue weighted by molar-refractivity contribution is 5.59. The summed E-state index contributed by atoms with van der Waals surface area (Å²) in [5.41, 5.74) is 0. The fourth-order valence-corrected chi connectivity index (χ4v) is 2.68. The summed E-state index contributed by atoms with van der Waals surface area (Å²) in [4.78, 5) is 32.6. The number of aliphatic hydroxyl groups is 2. The zero-order valence-electron chi connectivity index (χ0n) is 12.1. The number of carbonyl (C=O) groups excluding carboxylic acids is 3. The van der Waals surface area contributed by atoms with Gasteiger partial charge in [0.1, 0.15) is 18.9 Å². The molecule has 1 heterocycles. The molecule has 6 nitrogen and oxygen atoms in total. The van der Waals surface area contributed by atoms with Crippen LogP contribution in [0.5, 0.6) is 0 Å². The first-order valence-electron chi connectivity index (χ1n) is 7.48. The lowest BCUT2D eigenvalue weighted by atomic mass is 9.85. The minimum Gasteiger partial charge on any atom is -0.392 e. The third kappa shape index (κ3) is 6.03. The molecule has 1 saturated heterocycles. The highest BCUT2D eigenvalue weighted by Gasteiger charge is 2.31. The van der Waals surface area contributed by atoms with E-state index in [1.807, 2.05) is 0 Å². The molecule has 2 N–H and O–H groups in total. The molecule has 0 radical (unpaired) electrons. The molecule has 21 heavy (non-hydrogen) atoms. The van der Waals surface area contributed by atoms with E-state index in [1.54, 1.807) is 0 Å². The van der Waals surface area contributed by atoms with Crippen LogP contribution in [0, 0.1) is 11.8 Å². The molecule has 0 saturated carbocycles. The highest BCUT2D eigenvalue weighted by Crippen LogP contribution is 2.27. The van der Waals surface area contributed by atoms with E-state index in [0.717, 1.165) is 19.0 Å². The number of hydrogen-bond acceptors (Lipinski definition) is 6. The Labute approximate surface area is 124 Å². The summed E-state index contributed by atoms with van der Waals surface area (Å²) in [7, 11) is 0. The minimum absolute atomic E-state index is 0.201. The van der Waals surface area contributed by atoms with Crippen molar-refractivity contribution in [2.75, 3.05) is 0 Å². The van der Waals surface area contributed by atoms with E-state index in [-0.39, 0.29) is 6.42 Å². The standard InChI is InChI=1S/C15H24O6/c16-7-2-1-4-13(19)11(9-17)8-12(10-18)14-5-3-6-15(20)21-14/h7,9-15,19-20H,1-6,8H2. The van der Waals surface area contributed by atoms with Crippen LogP contribution in [-0.2, 0) is 19.1 Å². The maximum absolute atomic E-state index is 11.2. The number of hydrogen-bond donors (Lipinski definition) is 2. The Morgan fingerprint density at radius 1 is 1.19 bits per heavy atom. The predicted molar refractivity (Wildman–Crippen MR) is 74.4 cm³/mol. The summed E-state index contributed by atoms with van der Waals surface area (Å²) in [6.45, 7) is 0. The lowest BCUT2D eigenvalue weighted by Gasteiger charge is -2.32. The minimum atomic E-state index is -0.863. The first-order chi connectivity index (χ1) is 10.1. The van der Waals surface area contributed by atoms with Crippen molar-refractivity contribution in [3.8, 4) is 0 Å². The van der Waals surface area contributed by atoms with Crippen LogP contribution in [0.3, 0.4) is 0 Å². The maximum atomic E-state index is 11.2. The molecule has 120 valence electrons. The van der Waals surface area contributed by atoms with E-state index in [1.165, 1.54) is 0 Å². The van der Waals surface area contributed by atoms with Gasteiger partial charge >= 0.3 is 0 Å². The van der Waals surface area contributed by atoms with Gasteiger partial charge in [-0.15, -0.1) is 0 Å². The Hall–Kier alpha value is -1.11. The van der Waals surface area contributed by atoms with Gasteiger partial charge in [0.25, 0.3) is 0 Å². The molecule has 0 spiro atoms. The van der Waals surface area contributed by atoms with Crippen LogP contribution in [-0.4, -0.2) is 47.6 Å². The van der Waals surface area contributed by atoms with Crippen LogP contribution in [0.2, 0.25) is 0 Å². The molecule has 0 aromatic heterocycles. The SMILES string of the molecule is O=CCCCC(O)C(C=O)CC(C=O)C1CCCC(O)O1. The Morgan fingerprint density at radius 2 is 1.95 bits per heavy atom. The molecule has 5 unspecified atom stereocenters. The summed E-state index contributed by atoms with van der Waals surface area (Å²) in [6, 6.07) is 0. The van der Waals surface area contributed by atoms with Crippen LogP contribution in [0.1, 0.15) is 44.9 Å². The third-order valence-corrected chi connectivity index (χ3v) is 3.96. The summed E-state index contributed by atoms with van der Waals surface area (Å²) >= 11 is 0. The molecule has 0 bridgehead atoms. The van der Waals surface area contributed by atoms with Gasteiger partial charge in [-0.2, -0.15) is 0 Å². The zero-order valence-corrected chi connectivity index (χ0v) is 12.1. The van der Waals surface area contributed by atoms with Crippen molar-refractivity contribution >= 4 is 18.9 Å². The number of unbranched alkanes of at least 4 members (excludes halogenated alkanes) is 1. The summed E-state index contributed by atoms with van der Waals surface area (Å²) in [6.07, 6.45) is 3.41. The zero-order chi connectivity index (χ0) is 15.7. The van der Waals surface area contributed by atoms with Gasteiger partial charge in [-0.05, 0) is 38.5 Å². The summed E-state index contributed by atoms with van der Waals surface area (Å²) in [5.74, 6) is -1.18. The number of rotatable bonds is 10. The molecular formula is C15H24O6. The lowest BCUT2D eigenvalue weighted by Crippen LogP contribution is -2.36. The van der Waals surface area contributed by atoms with Crippen LogP contribution >= 0.6 is 0 Å². The molecule has 0 amide bonds. The van der Waals surface area contributed by atoms with Gasteiger partial charge in [0.2, 0.25) is 0 Å². The topological polar surface area (TPSA) is 101 Å². The predicted octanol–water partition coefficient (Wildman–Crippen LogP) is 0.624. The van der Waals surface area contributed by atoms with Gasteiger partial charge in [0.15, 0.2) is 6.29 Å². The average Bonchev–Trinajstić information content (AvgIpc) is 2.48. The first kappa shape index (κ1) is 17.9. The largest absolute Gasteiger partial charge is 0.392 e. The number of aliphatic hydroxyl groups excluding tert-OH is 2. The Morgan fingerprint density at radius 3 is 2.52 bits per heavy atom. The molecule has 5 atom stereocenters. The molecule has 6 heteroatoms. The number of aldehydes is 3. The quantitative estimate of drug-likeness (QED) is 0.453. The van der Waals surface area contributed by atoms with E-state index in [0.29, 0.717) is 38.4 Å². The van der Waals surface area contributed by atoms with Crippen molar-refractivity contribution in [2.45, 2.75) is 63.4 Å². The van der Waals surface area contributed by atoms with E-state index in [9.17, 15) is 24.6 Å². The average molecular weight is 300 g/mol. The molecule has 0 aromatic carbocycles. The second-order valence-corrected chi connectivity index (χ2v) is 5.56. The van der Waals surface area contributed by atoms with Crippen LogP contribution in [0.4, 0.5) is 0 Å². The summed E-state index contributed by atoms with van der Waals surface area (Å²) in [5, 5.41) is 19.5. The fraction of sp³-hybridized carbons (Fsp3) is 0.800. The van der Waals surface area contributed by atoms with Crippen molar-refractivity contribution in [3.63, 3.8) is 0 Å². The molecule has 1 aliphatic rings. The lowest BCUT2D eigenvalue weighted by molar-refractivity contribution is -0.179. The van der Waals surface area contributed by atoms with E-state index in [4.69, 9.17) is 4.74 Å².